The van der Waals surface area contributed by atoms with Crippen LogP contribution in [0, 0.1) is 0 Å². The molecule has 0 fully saturated rings. The molecule has 5 rings (SSSR count). The molecule has 0 aromatic heterocycles. The largest absolute Gasteiger partial charge is 0.506 e. The van der Waals surface area contributed by atoms with Crippen molar-refractivity contribution in [1.29, 1.82) is 0 Å². The van der Waals surface area contributed by atoms with E-state index in [1.165, 1.54) is 41.8 Å². The number of para-hydroxylation sites is 1. The molecule has 2 aromatic carbocycles. The number of benzene rings is 2. The van der Waals surface area contributed by atoms with Crippen molar-refractivity contribution in [3.05, 3.63) is 92.8 Å². The molecule has 2 aromatic rings. The van der Waals surface area contributed by atoms with Gasteiger partial charge in [0.25, 0.3) is 0 Å². The first-order valence-corrected chi connectivity index (χ1v) is 15.6. The smallest absolute Gasteiger partial charge is 0.209 e. The predicted molar refractivity (Wildman–Crippen MR) is 169 cm³/mol. The van der Waals surface area contributed by atoms with Gasteiger partial charge in [-0.05, 0) is 50.1 Å². The van der Waals surface area contributed by atoms with Crippen molar-refractivity contribution in [1.82, 2.24) is 0 Å². The summed E-state index contributed by atoms with van der Waals surface area (Å²) in [5.74, 6) is 0.0200. The number of fused-ring (bicyclic) bond motifs is 2. The number of hydrogen-bond donors (Lipinski definition) is 1. The zero-order valence-electron chi connectivity index (χ0n) is 24.8. The predicted octanol–water partition coefficient (Wildman–Crippen LogP) is 8.82. The summed E-state index contributed by atoms with van der Waals surface area (Å²) in [6.07, 6.45) is 9.55. The van der Waals surface area contributed by atoms with Crippen molar-refractivity contribution in [3.63, 3.8) is 0 Å². The summed E-state index contributed by atoms with van der Waals surface area (Å²) in [5, 5.41) is 11.3. The molecular weight excluding hydrogens is 560 g/mol. The number of rotatable bonds is 9. The fourth-order valence-electron chi connectivity index (χ4n) is 6.59. The first kappa shape index (κ1) is 28.6. The summed E-state index contributed by atoms with van der Waals surface area (Å²) in [7, 11) is 0. The summed E-state index contributed by atoms with van der Waals surface area (Å²) in [6, 6.07) is 14.9. The van der Waals surface area contributed by atoms with Crippen molar-refractivity contribution in [2.24, 2.45) is 0 Å². The van der Waals surface area contributed by atoms with Gasteiger partial charge in [-0.2, -0.15) is 4.58 Å². The Morgan fingerprint density at radius 2 is 1.68 bits per heavy atom. The van der Waals surface area contributed by atoms with Crippen LogP contribution >= 0.6 is 15.9 Å². The van der Waals surface area contributed by atoms with E-state index in [0.717, 1.165) is 41.8 Å². The Morgan fingerprint density at radius 1 is 0.925 bits per heavy atom. The van der Waals surface area contributed by atoms with Gasteiger partial charge in [-0.15, -0.1) is 0 Å². The molecular formula is C35H42BrN2O2+. The second-order valence-corrected chi connectivity index (χ2v) is 13.3. The van der Waals surface area contributed by atoms with Gasteiger partial charge in [-0.25, -0.2) is 0 Å². The third-order valence-electron chi connectivity index (χ3n) is 8.90. The van der Waals surface area contributed by atoms with E-state index in [1.54, 1.807) is 0 Å². The number of Topliss-reactive ketones (excluding diaryl/α,β-unsaturated/α-hetero) is 1. The molecule has 3 aliphatic rings. The lowest BCUT2D eigenvalue weighted by Crippen LogP contribution is -2.32. The van der Waals surface area contributed by atoms with Crippen LogP contribution in [0.5, 0.6) is 0 Å². The summed E-state index contributed by atoms with van der Waals surface area (Å²) in [4.78, 5) is 16.0. The minimum atomic E-state index is -0.293. The maximum atomic E-state index is 13.7. The van der Waals surface area contributed by atoms with Gasteiger partial charge in [-0.3, -0.25) is 4.79 Å². The first-order chi connectivity index (χ1) is 19.0. The quantitative estimate of drug-likeness (QED) is 0.177. The molecule has 1 N–H and O–H groups in total. The summed E-state index contributed by atoms with van der Waals surface area (Å²) >= 11 is 3.65. The van der Waals surface area contributed by atoms with Crippen LogP contribution < -0.4 is 4.90 Å². The highest BCUT2D eigenvalue weighted by atomic mass is 79.9. The Kier molecular flexibility index (Phi) is 7.73. The Labute approximate surface area is 247 Å². The van der Waals surface area contributed by atoms with E-state index in [4.69, 9.17) is 0 Å². The lowest BCUT2D eigenvalue weighted by molar-refractivity contribution is -0.437. The standard InChI is InChI=1S/C35H41BrN2O2/c1-7-9-10-13-19-38-29-17-16-23(36)20-27(29)35(5,6)31(38)22-25-32(39)24(33(25)40)21-30-34(3,4)26-14-11-12-15-28(26)37(30)18-8-2/h11-12,14-17,20-22H,7-10,13,18-19H2,1-6H3/p+1. The van der Waals surface area contributed by atoms with E-state index in [1.807, 2.05) is 12.2 Å². The maximum absolute atomic E-state index is 13.7. The monoisotopic (exact) mass is 601 g/mol. The van der Waals surface area contributed by atoms with Gasteiger partial charge in [0.1, 0.15) is 12.3 Å². The van der Waals surface area contributed by atoms with Crippen LogP contribution in [0.1, 0.15) is 84.8 Å². The van der Waals surface area contributed by atoms with E-state index >= 15 is 0 Å². The molecule has 0 unspecified atom stereocenters. The Bertz CT molecular complexity index is 1490. The molecule has 40 heavy (non-hydrogen) atoms. The van der Waals surface area contributed by atoms with Crippen molar-refractivity contribution in [2.45, 2.75) is 84.5 Å². The average Bonchev–Trinajstić information content (AvgIpc) is 3.26. The van der Waals surface area contributed by atoms with E-state index in [0.29, 0.717) is 11.1 Å². The molecule has 0 spiro atoms. The Morgan fingerprint density at radius 3 is 2.38 bits per heavy atom. The molecule has 0 radical (unpaired) electrons. The van der Waals surface area contributed by atoms with Crippen molar-refractivity contribution in [2.75, 3.05) is 18.0 Å². The highest BCUT2D eigenvalue weighted by Crippen LogP contribution is 2.50. The number of aliphatic hydroxyl groups is 1. The van der Waals surface area contributed by atoms with E-state index in [-0.39, 0.29) is 22.4 Å². The van der Waals surface area contributed by atoms with Crippen LogP contribution in [0.15, 0.2) is 81.7 Å². The first-order valence-electron chi connectivity index (χ1n) is 14.8. The topological polar surface area (TPSA) is 43.5 Å². The molecule has 210 valence electrons. The molecule has 0 amide bonds. The van der Waals surface area contributed by atoms with Crippen LogP contribution in [0.25, 0.3) is 0 Å². The molecule has 0 atom stereocenters. The summed E-state index contributed by atoms with van der Waals surface area (Å²) < 4.78 is 3.36. The molecule has 2 aliphatic heterocycles. The van der Waals surface area contributed by atoms with Gasteiger partial charge in [-0.1, -0.05) is 81.1 Å². The second-order valence-electron chi connectivity index (χ2n) is 12.4. The summed E-state index contributed by atoms with van der Waals surface area (Å²) in [6.45, 7) is 15.0. The van der Waals surface area contributed by atoms with E-state index in [2.05, 4.69) is 109 Å². The molecule has 1 aliphatic carbocycles. The van der Waals surface area contributed by atoms with Gasteiger partial charge in [0, 0.05) is 51.9 Å². The fraction of sp³-hybridized carbons (Fsp3) is 0.429. The zero-order chi connectivity index (χ0) is 28.8. The number of unbranched alkanes of at least 4 members (excludes halogenated alkanes) is 3. The molecule has 0 saturated carbocycles. The third kappa shape index (κ3) is 4.60. The number of aliphatic hydroxyl groups excluding tert-OH is 1. The number of nitrogens with zero attached hydrogens (tertiary/aromatic N) is 2. The van der Waals surface area contributed by atoms with Crippen LogP contribution in [-0.2, 0) is 15.6 Å². The average molecular weight is 603 g/mol. The van der Waals surface area contributed by atoms with Crippen molar-refractivity contribution >= 4 is 38.8 Å². The van der Waals surface area contributed by atoms with Crippen LogP contribution in [0.2, 0.25) is 0 Å². The Balaban J connectivity index is 1.55. The molecule has 0 bridgehead atoms. The van der Waals surface area contributed by atoms with Gasteiger partial charge in [0.15, 0.2) is 5.71 Å². The van der Waals surface area contributed by atoms with Gasteiger partial charge >= 0.3 is 0 Å². The minimum Gasteiger partial charge on any atom is -0.506 e. The number of hydrogen-bond acceptors (Lipinski definition) is 3. The minimum absolute atomic E-state index is 0.0837. The number of halogens is 1. The zero-order valence-corrected chi connectivity index (χ0v) is 26.4. The van der Waals surface area contributed by atoms with Crippen LogP contribution in [-0.4, -0.2) is 34.3 Å². The number of ketones is 1. The van der Waals surface area contributed by atoms with E-state index in [9.17, 15) is 9.90 Å². The van der Waals surface area contributed by atoms with E-state index < -0.39 is 0 Å². The van der Waals surface area contributed by atoms with Gasteiger partial charge in [0.2, 0.25) is 11.5 Å². The van der Waals surface area contributed by atoms with Crippen molar-refractivity contribution < 1.29 is 14.5 Å². The normalized spacial score (nSPS) is 21.0. The summed E-state index contributed by atoms with van der Waals surface area (Å²) in [5.41, 5.74) is 7.28. The van der Waals surface area contributed by atoms with Crippen molar-refractivity contribution in [3.8, 4) is 0 Å². The highest BCUT2D eigenvalue weighted by Gasteiger charge is 2.47. The molecule has 2 heterocycles. The highest BCUT2D eigenvalue weighted by molar-refractivity contribution is 9.10. The lowest BCUT2D eigenvalue weighted by Gasteiger charge is -2.29. The lowest BCUT2D eigenvalue weighted by atomic mass is 9.77. The SMILES string of the molecule is CCCCCCN1C(=CC2=C(O)C(=CC3=[N+](CCC)c4ccccc4C3(C)C)C2=O)C(C)(C)c2cc(Br)ccc21. The molecule has 5 heteroatoms. The van der Waals surface area contributed by atoms with Gasteiger partial charge in [0.05, 0.1) is 16.6 Å². The number of carbonyl (C=O) groups excluding carboxylic acids is 1. The number of carbonyl (C=O) groups is 1. The maximum Gasteiger partial charge on any atom is 0.209 e. The van der Waals surface area contributed by atoms with Gasteiger partial charge < -0.3 is 10.0 Å². The number of allylic oxidation sites excluding steroid dienone is 5. The van der Waals surface area contributed by atoms with Crippen LogP contribution in [0.3, 0.4) is 0 Å². The molecule has 4 nitrogen and oxygen atoms in total. The Hall–Kier alpha value is -2.92. The second kappa shape index (κ2) is 10.8. The fourth-order valence-corrected chi connectivity index (χ4v) is 6.96. The third-order valence-corrected chi connectivity index (χ3v) is 9.39. The van der Waals surface area contributed by atoms with Crippen LogP contribution in [0.4, 0.5) is 11.4 Å². The molecule has 0 saturated heterocycles. The number of anilines is 1.